The van der Waals surface area contributed by atoms with Crippen molar-refractivity contribution < 1.29 is 9.90 Å². The van der Waals surface area contributed by atoms with Crippen LogP contribution in [0, 0.1) is 5.92 Å². The highest BCUT2D eigenvalue weighted by atomic mass is 16.4. The van der Waals surface area contributed by atoms with E-state index in [-0.39, 0.29) is 18.1 Å². The molecule has 0 bridgehead atoms. The Labute approximate surface area is 106 Å². The number of hydrogen-bond acceptors (Lipinski definition) is 3. The number of carboxylic acid groups (broad SMARTS) is 1. The number of benzene rings is 1. The third kappa shape index (κ3) is 2.13. The van der Waals surface area contributed by atoms with E-state index in [9.17, 15) is 4.79 Å². The maximum Gasteiger partial charge on any atom is 0.306 e. The molecule has 1 aromatic rings. The Balaban J connectivity index is 1.70. The zero-order valence-electron chi connectivity index (χ0n) is 10.2. The standard InChI is InChI=1S/C14H18N2O2/c17-14(18)10-6-7-11-12(8-10)16-13(15-11)9-4-2-1-3-5-9/h1-5,10-13,15-16H,6-8H2,(H,17,18). The van der Waals surface area contributed by atoms with E-state index in [4.69, 9.17) is 5.11 Å². The van der Waals surface area contributed by atoms with Gasteiger partial charge in [0.05, 0.1) is 12.1 Å². The van der Waals surface area contributed by atoms with Crippen LogP contribution in [0.4, 0.5) is 0 Å². The van der Waals surface area contributed by atoms with Gasteiger partial charge < -0.3 is 5.11 Å². The molecule has 1 aliphatic heterocycles. The summed E-state index contributed by atoms with van der Waals surface area (Å²) in [7, 11) is 0. The summed E-state index contributed by atoms with van der Waals surface area (Å²) in [6.07, 6.45) is 2.62. The van der Waals surface area contributed by atoms with E-state index in [0.29, 0.717) is 6.04 Å². The first-order valence-corrected chi connectivity index (χ1v) is 6.54. The third-order valence-corrected chi connectivity index (χ3v) is 4.09. The van der Waals surface area contributed by atoms with Gasteiger partial charge in [-0.05, 0) is 24.8 Å². The Morgan fingerprint density at radius 3 is 2.56 bits per heavy atom. The lowest BCUT2D eigenvalue weighted by atomic mass is 9.83. The van der Waals surface area contributed by atoms with Gasteiger partial charge in [0, 0.05) is 12.1 Å². The van der Waals surface area contributed by atoms with E-state index in [2.05, 4.69) is 22.8 Å². The number of nitrogens with one attached hydrogen (secondary N) is 2. The van der Waals surface area contributed by atoms with E-state index in [1.165, 1.54) is 5.56 Å². The molecule has 0 aromatic heterocycles. The quantitative estimate of drug-likeness (QED) is 0.740. The normalized spacial score (nSPS) is 35.1. The molecular formula is C14H18N2O2. The highest BCUT2D eigenvalue weighted by molar-refractivity contribution is 5.70. The predicted molar refractivity (Wildman–Crippen MR) is 68.0 cm³/mol. The molecule has 3 N–H and O–H groups in total. The van der Waals surface area contributed by atoms with Gasteiger partial charge in [0.25, 0.3) is 0 Å². The Kier molecular flexibility index (Phi) is 3.06. The van der Waals surface area contributed by atoms with Gasteiger partial charge >= 0.3 is 5.97 Å². The maximum atomic E-state index is 11.0. The van der Waals surface area contributed by atoms with Crippen LogP contribution in [0.2, 0.25) is 0 Å². The molecule has 18 heavy (non-hydrogen) atoms. The maximum absolute atomic E-state index is 11.0. The van der Waals surface area contributed by atoms with Crippen LogP contribution in [0.15, 0.2) is 30.3 Å². The van der Waals surface area contributed by atoms with Crippen LogP contribution in [0.1, 0.15) is 31.0 Å². The Bertz CT molecular complexity index is 435. The van der Waals surface area contributed by atoms with E-state index in [0.717, 1.165) is 19.3 Å². The molecule has 1 heterocycles. The Morgan fingerprint density at radius 1 is 1.11 bits per heavy atom. The zero-order chi connectivity index (χ0) is 12.5. The van der Waals surface area contributed by atoms with E-state index in [1.54, 1.807) is 0 Å². The molecule has 4 unspecified atom stereocenters. The predicted octanol–water partition coefficient (Wildman–Crippen LogP) is 1.50. The molecule has 1 saturated heterocycles. The summed E-state index contributed by atoms with van der Waals surface area (Å²) in [5.74, 6) is -0.839. The minimum atomic E-state index is -0.654. The van der Waals surface area contributed by atoms with Crippen molar-refractivity contribution in [1.82, 2.24) is 10.6 Å². The summed E-state index contributed by atoms with van der Waals surface area (Å²) >= 11 is 0. The number of hydrogen-bond donors (Lipinski definition) is 3. The van der Waals surface area contributed by atoms with Crippen molar-refractivity contribution in [2.75, 3.05) is 0 Å². The largest absolute Gasteiger partial charge is 0.481 e. The molecule has 0 spiro atoms. The lowest BCUT2D eigenvalue weighted by Gasteiger charge is -2.28. The van der Waals surface area contributed by atoms with Gasteiger partial charge in [-0.15, -0.1) is 0 Å². The molecule has 4 atom stereocenters. The molecule has 3 rings (SSSR count). The third-order valence-electron chi connectivity index (χ3n) is 4.09. The minimum Gasteiger partial charge on any atom is -0.481 e. The number of carboxylic acids is 1. The number of rotatable bonds is 2. The van der Waals surface area contributed by atoms with Gasteiger partial charge in [-0.2, -0.15) is 0 Å². The molecule has 1 aliphatic carbocycles. The molecule has 2 aliphatic rings. The fourth-order valence-corrected chi connectivity index (χ4v) is 3.09. The smallest absolute Gasteiger partial charge is 0.306 e. The highest BCUT2D eigenvalue weighted by Gasteiger charge is 2.40. The Hall–Kier alpha value is -1.39. The second kappa shape index (κ2) is 4.71. The van der Waals surface area contributed by atoms with E-state index in [1.807, 2.05) is 18.2 Å². The Morgan fingerprint density at radius 2 is 1.83 bits per heavy atom. The van der Waals surface area contributed by atoms with Crippen LogP contribution in [0.25, 0.3) is 0 Å². The molecule has 2 fully saturated rings. The molecule has 0 radical (unpaired) electrons. The monoisotopic (exact) mass is 246 g/mol. The first-order valence-electron chi connectivity index (χ1n) is 6.54. The summed E-state index contributed by atoms with van der Waals surface area (Å²) in [5, 5.41) is 16.2. The molecule has 1 saturated carbocycles. The van der Waals surface area contributed by atoms with Crippen LogP contribution < -0.4 is 10.6 Å². The molecule has 4 heteroatoms. The van der Waals surface area contributed by atoms with Crippen molar-refractivity contribution in [2.45, 2.75) is 37.5 Å². The van der Waals surface area contributed by atoms with Crippen LogP contribution in [-0.2, 0) is 4.79 Å². The summed E-state index contributed by atoms with van der Waals surface area (Å²) in [6, 6.07) is 10.9. The first-order chi connectivity index (χ1) is 8.74. The second-order valence-electron chi connectivity index (χ2n) is 5.24. The van der Waals surface area contributed by atoms with Gasteiger partial charge in [0.15, 0.2) is 0 Å². The zero-order valence-corrected chi connectivity index (χ0v) is 10.2. The van der Waals surface area contributed by atoms with Crippen molar-refractivity contribution in [2.24, 2.45) is 5.92 Å². The highest BCUT2D eigenvalue weighted by Crippen LogP contribution is 2.31. The average Bonchev–Trinajstić information content (AvgIpc) is 2.82. The van der Waals surface area contributed by atoms with Crippen molar-refractivity contribution in [1.29, 1.82) is 0 Å². The van der Waals surface area contributed by atoms with Crippen molar-refractivity contribution in [3.8, 4) is 0 Å². The van der Waals surface area contributed by atoms with Crippen LogP contribution in [-0.4, -0.2) is 23.2 Å². The molecular weight excluding hydrogens is 228 g/mol. The fraction of sp³-hybridized carbons (Fsp3) is 0.500. The second-order valence-corrected chi connectivity index (χ2v) is 5.24. The van der Waals surface area contributed by atoms with Crippen LogP contribution >= 0.6 is 0 Å². The van der Waals surface area contributed by atoms with E-state index < -0.39 is 5.97 Å². The van der Waals surface area contributed by atoms with Crippen molar-refractivity contribution in [3.63, 3.8) is 0 Å². The number of aliphatic carboxylic acids is 1. The molecule has 4 nitrogen and oxygen atoms in total. The SMILES string of the molecule is O=C(O)C1CCC2NC(c3ccccc3)NC2C1. The van der Waals surface area contributed by atoms with Gasteiger partial charge in [0.2, 0.25) is 0 Å². The summed E-state index contributed by atoms with van der Waals surface area (Å²) in [4.78, 5) is 11.0. The average molecular weight is 246 g/mol. The number of carbonyl (C=O) groups is 1. The topological polar surface area (TPSA) is 61.4 Å². The van der Waals surface area contributed by atoms with Crippen molar-refractivity contribution in [3.05, 3.63) is 35.9 Å². The van der Waals surface area contributed by atoms with Gasteiger partial charge in [-0.1, -0.05) is 30.3 Å². The molecule has 96 valence electrons. The summed E-state index contributed by atoms with van der Waals surface area (Å²) < 4.78 is 0. The number of fused-ring (bicyclic) bond motifs is 1. The van der Waals surface area contributed by atoms with Crippen molar-refractivity contribution >= 4 is 5.97 Å². The first kappa shape index (κ1) is 11.7. The minimum absolute atomic E-state index is 0.161. The van der Waals surface area contributed by atoms with Gasteiger partial charge in [-0.25, -0.2) is 0 Å². The van der Waals surface area contributed by atoms with E-state index >= 15 is 0 Å². The van der Waals surface area contributed by atoms with Gasteiger partial charge in [0.1, 0.15) is 0 Å². The summed E-state index contributed by atoms with van der Waals surface area (Å²) in [5.41, 5.74) is 1.22. The molecule has 0 amide bonds. The van der Waals surface area contributed by atoms with Crippen LogP contribution in [0.5, 0.6) is 0 Å². The van der Waals surface area contributed by atoms with Gasteiger partial charge in [-0.3, -0.25) is 15.4 Å². The fourth-order valence-electron chi connectivity index (χ4n) is 3.09. The lowest BCUT2D eigenvalue weighted by molar-refractivity contribution is -0.143. The summed E-state index contributed by atoms with van der Waals surface area (Å²) in [6.45, 7) is 0. The lowest BCUT2D eigenvalue weighted by Crippen LogP contribution is -2.41. The molecule has 1 aromatic carbocycles. The van der Waals surface area contributed by atoms with Crippen LogP contribution in [0.3, 0.4) is 0 Å².